The lowest BCUT2D eigenvalue weighted by Gasteiger charge is -2.15. The molecule has 0 fully saturated rings. The summed E-state index contributed by atoms with van der Waals surface area (Å²) in [6.45, 7) is 0.655. The largest absolute Gasteiger partial charge is 0.493 e. The SMILES string of the molecule is COc1cc(COc2c(Cl)cc(/C=N/NC(=O)c3cccc4ccccc34)cc2OC)ccc1OCc1ccccc1. The van der Waals surface area contributed by atoms with E-state index in [2.05, 4.69) is 10.5 Å². The molecule has 0 unspecified atom stereocenters. The zero-order chi connectivity index (χ0) is 29.3. The predicted octanol–water partition coefficient (Wildman–Crippen LogP) is 7.43. The highest BCUT2D eigenvalue weighted by atomic mass is 35.5. The summed E-state index contributed by atoms with van der Waals surface area (Å²) < 4.78 is 23.1. The molecule has 0 aromatic heterocycles. The summed E-state index contributed by atoms with van der Waals surface area (Å²) in [6.07, 6.45) is 1.50. The van der Waals surface area contributed by atoms with Gasteiger partial charge in [0.15, 0.2) is 23.0 Å². The lowest BCUT2D eigenvalue weighted by molar-refractivity contribution is 0.0957. The average Bonchev–Trinajstić information content (AvgIpc) is 3.03. The summed E-state index contributed by atoms with van der Waals surface area (Å²) in [7, 11) is 3.13. The number of rotatable bonds is 11. The Hall–Kier alpha value is -5.01. The van der Waals surface area contributed by atoms with E-state index < -0.39 is 0 Å². The quantitative estimate of drug-likeness (QED) is 0.130. The predicted molar refractivity (Wildman–Crippen MR) is 165 cm³/mol. The third-order valence-corrected chi connectivity index (χ3v) is 6.79. The molecule has 0 radical (unpaired) electrons. The highest BCUT2D eigenvalue weighted by molar-refractivity contribution is 6.32. The number of carbonyl (C=O) groups excluding carboxylic acids is 1. The van der Waals surface area contributed by atoms with Crippen molar-refractivity contribution in [3.05, 3.63) is 130 Å². The van der Waals surface area contributed by atoms with E-state index in [1.807, 2.05) is 84.9 Å². The van der Waals surface area contributed by atoms with Gasteiger partial charge in [0.05, 0.1) is 25.5 Å². The number of ether oxygens (including phenoxy) is 4. The van der Waals surface area contributed by atoms with Crippen LogP contribution in [0.3, 0.4) is 0 Å². The van der Waals surface area contributed by atoms with Gasteiger partial charge in [-0.1, -0.05) is 84.4 Å². The fourth-order valence-electron chi connectivity index (χ4n) is 4.42. The smallest absolute Gasteiger partial charge is 0.271 e. The van der Waals surface area contributed by atoms with E-state index in [1.54, 1.807) is 25.3 Å². The number of hydrogen-bond acceptors (Lipinski definition) is 6. The molecule has 5 aromatic rings. The number of carbonyl (C=O) groups is 1. The van der Waals surface area contributed by atoms with Crippen molar-refractivity contribution in [1.29, 1.82) is 0 Å². The second kappa shape index (κ2) is 13.6. The fraction of sp³-hybridized carbons (Fsp3) is 0.118. The number of halogens is 1. The molecule has 0 aliphatic carbocycles. The standard InChI is InChI=1S/C34H29ClN2O5/c1-39-31-18-24(15-16-30(31)41-21-23-9-4-3-5-10-23)22-42-33-29(35)17-25(19-32(33)40-2)20-36-37-34(38)28-14-8-12-26-11-6-7-13-27(26)28/h3-20H,21-22H2,1-2H3,(H,37,38)/b36-20+. The van der Waals surface area contributed by atoms with Crippen molar-refractivity contribution in [3.63, 3.8) is 0 Å². The highest BCUT2D eigenvalue weighted by Crippen LogP contribution is 2.37. The van der Waals surface area contributed by atoms with Crippen LogP contribution in [-0.2, 0) is 13.2 Å². The molecule has 5 aromatic carbocycles. The number of fused-ring (bicyclic) bond motifs is 1. The number of nitrogens with one attached hydrogen (secondary N) is 1. The Labute approximate surface area is 249 Å². The molecule has 1 N–H and O–H groups in total. The summed E-state index contributed by atoms with van der Waals surface area (Å²) in [6, 6.07) is 32.2. The lowest BCUT2D eigenvalue weighted by atomic mass is 10.0. The number of methoxy groups -OCH3 is 2. The number of nitrogens with zero attached hydrogens (tertiary/aromatic N) is 1. The van der Waals surface area contributed by atoms with Crippen molar-refractivity contribution in [2.24, 2.45) is 5.10 Å². The van der Waals surface area contributed by atoms with Gasteiger partial charge in [0, 0.05) is 5.56 Å². The topological polar surface area (TPSA) is 78.4 Å². The van der Waals surface area contributed by atoms with Gasteiger partial charge in [-0.05, 0) is 57.8 Å². The van der Waals surface area contributed by atoms with E-state index in [-0.39, 0.29) is 12.5 Å². The van der Waals surface area contributed by atoms with Crippen molar-refractivity contribution < 1.29 is 23.7 Å². The molecule has 1 amide bonds. The van der Waals surface area contributed by atoms with Gasteiger partial charge in [-0.15, -0.1) is 0 Å². The minimum atomic E-state index is -0.312. The Kier molecular flexibility index (Phi) is 9.21. The second-order valence-electron chi connectivity index (χ2n) is 9.31. The fourth-order valence-corrected chi connectivity index (χ4v) is 4.69. The van der Waals surface area contributed by atoms with Crippen LogP contribution in [0.2, 0.25) is 5.02 Å². The van der Waals surface area contributed by atoms with E-state index in [1.165, 1.54) is 13.3 Å². The Balaban J connectivity index is 1.23. The van der Waals surface area contributed by atoms with E-state index in [0.717, 1.165) is 21.9 Å². The van der Waals surface area contributed by atoms with Crippen LogP contribution < -0.4 is 24.4 Å². The van der Waals surface area contributed by atoms with E-state index in [9.17, 15) is 4.79 Å². The lowest BCUT2D eigenvalue weighted by Crippen LogP contribution is -2.17. The van der Waals surface area contributed by atoms with Crippen molar-refractivity contribution in [2.75, 3.05) is 14.2 Å². The number of amides is 1. The molecule has 42 heavy (non-hydrogen) atoms. The Bertz CT molecular complexity index is 1720. The molecule has 0 heterocycles. The maximum atomic E-state index is 12.8. The molecule has 0 spiro atoms. The van der Waals surface area contributed by atoms with Gasteiger partial charge < -0.3 is 18.9 Å². The molecule has 5 rings (SSSR count). The Morgan fingerprint density at radius 2 is 1.50 bits per heavy atom. The van der Waals surface area contributed by atoms with Gasteiger partial charge in [0.1, 0.15) is 13.2 Å². The van der Waals surface area contributed by atoms with Gasteiger partial charge >= 0.3 is 0 Å². The van der Waals surface area contributed by atoms with Crippen LogP contribution in [-0.4, -0.2) is 26.3 Å². The number of hydrogen-bond donors (Lipinski definition) is 1. The van der Waals surface area contributed by atoms with Gasteiger partial charge in [-0.3, -0.25) is 4.79 Å². The number of benzene rings is 5. The third-order valence-electron chi connectivity index (χ3n) is 6.51. The molecular weight excluding hydrogens is 552 g/mol. The summed E-state index contributed by atoms with van der Waals surface area (Å²) >= 11 is 6.57. The van der Waals surface area contributed by atoms with E-state index >= 15 is 0 Å². The zero-order valence-corrected chi connectivity index (χ0v) is 23.9. The second-order valence-corrected chi connectivity index (χ2v) is 9.72. The Morgan fingerprint density at radius 3 is 2.31 bits per heavy atom. The highest BCUT2D eigenvalue weighted by Gasteiger charge is 2.14. The first kappa shape index (κ1) is 28.5. The van der Waals surface area contributed by atoms with Crippen LogP contribution in [0.1, 0.15) is 27.0 Å². The molecule has 0 aliphatic rings. The van der Waals surface area contributed by atoms with Crippen LogP contribution in [0.25, 0.3) is 10.8 Å². The molecular formula is C34H29ClN2O5. The van der Waals surface area contributed by atoms with Crippen LogP contribution in [0.15, 0.2) is 108 Å². The van der Waals surface area contributed by atoms with E-state index in [0.29, 0.717) is 45.8 Å². The maximum Gasteiger partial charge on any atom is 0.271 e. The number of hydrazone groups is 1. The van der Waals surface area contributed by atoms with Gasteiger partial charge in [-0.25, -0.2) is 5.43 Å². The third kappa shape index (κ3) is 6.82. The van der Waals surface area contributed by atoms with Crippen molar-refractivity contribution >= 4 is 34.5 Å². The summed E-state index contributed by atoms with van der Waals surface area (Å²) in [5.74, 6) is 1.74. The zero-order valence-electron chi connectivity index (χ0n) is 23.2. The summed E-state index contributed by atoms with van der Waals surface area (Å²) in [4.78, 5) is 12.8. The van der Waals surface area contributed by atoms with Crippen molar-refractivity contribution in [1.82, 2.24) is 5.43 Å². The maximum absolute atomic E-state index is 12.8. The minimum absolute atomic E-state index is 0.222. The van der Waals surface area contributed by atoms with Crippen molar-refractivity contribution in [2.45, 2.75) is 13.2 Å². The van der Waals surface area contributed by atoms with Gasteiger partial charge in [-0.2, -0.15) is 5.10 Å². The van der Waals surface area contributed by atoms with E-state index in [4.69, 9.17) is 30.5 Å². The summed E-state index contributed by atoms with van der Waals surface area (Å²) in [5.41, 5.74) is 5.68. The average molecular weight is 581 g/mol. The minimum Gasteiger partial charge on any atom is -0.493 e. The molecule has 212 valence electrons. The van der Waals surface area contributed by atoms with Crippen LogP contribution in [0.5, 0.6) is 23.0 Å². The molecule has 8 heteroatoms. The molecule has 0 bridgehead atoms. The van der Waals surface area contributed by atoms with Crippen LogP contribution >= 0.6 is 11.6 Å². The van der Waals surface area contributed by atoms with Crippen LogP contribution in [0, 0.1) is 0 Å². The Morgan fingerprint density at radius 1 is 0.762 bits per heavy atom. The van der Waals surface area contributed by atoms with Gasteiger partial charge in [0.25, 0.3) is 5.91 Å². The first-order valence-electron chi connectivity index (χ1n) is 13.2. The normalized spacial score (nSPS) is 10.9. The molecule has 0 saturated heterocycles. The first-order chi connectivity index (χ1) is 20.6. The molecule has 0 aliphatic heterocycles. The monoisotopic (exact) mass is 580 g/mol. The molecule has 0 saturated carbocycles. The van der Waals surface area contributed by atoms with Crippen LogP contribution in [0.4, 0.5) is 0 Å². The first-order valence-corrected chi connectivity index (χ1v) is 13.6. The molecule has 0 atom stereocenters. The summed E-state index contributed by atoms with van der Waals surface area (Å²) in [5, 5.41) is 6.29. The van der Waals surface area contributed by atoms with Gasteiger partial charge in [0.2, 0.25) is 0 Å². The van der Waals surface area contributed by atoms with Crippen molar-refractivity contribution in [3.8, 4) is 23.0 Å². The molecule has 7 nitrogen and oxygen atoms in total.